The Kier molecular flexibility index (Phi) is 5.50. The van der Waals surface area contributed by atoms with Gasteiger partial charge in [-0.3, -0.25) is 4.79 Å². The number of ether oxygens (including phenoxy) is 1. The Hall–Kier alpha value is -1.20. The lowest BCUT2D eigenvalue weighted by atomic mass is 9.99. The van der Waals surface area contributed by atoms with Gasteiger partial charge in [0.2, 0.25) is 0 Å². The summed E-state index contributed by atoms with van der Waals surface area (Å²) >= 11 is 3.18. The van der Waals surface area contributed by atoms with Gasteiger partial charge >= 0.3 is 5.97 Å². The van der Waals surface area contributed by atoms with Crippen molar-refractivity contribution >= 4 is 27.7 Å². The molecule has 0 radical (unpaired) electrons. The van der Waals surface area contributed by atoms with E-state index in [1.807, 2.05) is 0 Å². The largest absolute Gasteiger partial charge is 0.462 e. The quantitative estimate of drug-likeness (QED) is 0.514. The first-order valence-electron chi connectivity index (χ1n) is 5.60. The summed E-state index contributed by atoms with van der Waals surface area (Å²) < 4.78 is 4.90. The summed E-state index contributed by atoms with van der Waals surface area (Å²) in [6.45, 7) is 3.45. The maximum atomic E-state index is 12.0. The average Bonchev–Trinajstić information content (AvgIpc) is 2.37. The second kappa shape index (κ2) is 6.66. The monoisotopic (exact) mass is 314 g/mol. The molecule has 1 rings (SSSR count). The average molecular weight is 315 g/mol. The Morgan fingerprint density at radius 2 is 2.06 bits per heavy atom. The highest BCUT2D eigenvalue weighted by atomic mass is 79.9. The molecule has 0 aliphatic heterocycles. The van der Waals surface area contributed by atoms with Gasteiger partial charge in [-0.2, -0.15) is 0 Å². The lowest BCUT2D eigenvalue weighted by Crippen LogP contribution is -2.17. The zero-order valence-electron chi connectivity index (χ0n) is 10.3. The number of Topliss-reactive ketones (excluding diaryl/α,β-unsaturated/α-hetero) is 1. The fourth-order valence-electron chi connectivity index (χ4n) is 1.49. The van der Waals surface area contributed by atoms with Crippen LogP contribution in [0, 0.1) is 0 Å². The Bertz CT molecular complexity index is 454. The molecule has 0 aliphatic rings. The summed E-state index contributed by atoms with van der Waals surface area (Å²) in [5.41, 5.74) is 1.08. The predicted octanol–water partition coefficient (Wildman–Crippen LogP) is 2.32. The van der Waals surface area contributed by atoms with Crippen molar-refractivity contribution in [3.8, 4) is 0 Å². The number of aliphatic hydroxyl groups is 1. The van der Waals surface area contributed by atoms with Crippen molar-refractivity contribution < 1.29 is 19.4 Å². The van der Waals surface area contributed by atoms with E-state index in [1.165, 1.54) is 12.1 Å². The molecule has 1 unspecified atom stereocenters. The van der Waals surface area contributed by atoms with Crippen molar-refractivity contribution in [3.63, 3.8) is 0 Å². The number of rotatable bonds is 5. The van der Waals surface area contributed by atoms with Crippen LogP contribution in [0.1, 0.15) is 40.1 Å². The molecule has 18 heavy (non-hydrogen) atoms. The van der Waals surface area contributed by atoms with Gasteiger partial charge in [-0.25, -0.2) is 4.79 Å². The number of benzene rings is 1. The molecule has 0 fully saturated rings. The van der Waals surface area contributed by atoms with Crippen LogP contribution in [0.3, 0.4) is 0 Å². The van der Waals surface area contributed by atoms with Crippen molar-refractivity contribution in [1.82, 2.24) is 0 Å². The number of esters is 1. The first-order valence-corrected chi connectivity index (χ1v) is 6.52. The Morgan fingerprint density at radius 3 is 2.56 bits per heavy atom. The van der Waals surface area contributed by atoms with E-state index in [9.17, 15) is 9.59 Å². The second-order valence-electron chi connectivity index (χ2n) is 3.74. The number of hydrogen-bond acceptors (Lipinski definition) is 4. The Balaban J connectivity index is 3.24. The van der Waals surface area contributed by atoms with Crippen LogP contribution in [0.5, 0.6) is 0 Å². The van der Waals surface area contributed by atoms with Gasteiger partial charge in [-0.1, -0.05) is 22.0 Å². The van der Waals surface area contributed by atoms with E-state index in [0.717, 1.165) is 0 Å². The molecule has 0 saturated carbocycles. The molecular weight excluding hydrogens is 300 g/mol. The first-order chi connectivity index (χ1) is 8.51. The number of carbonyl (C=O) groups is 2. The number of ketones is 1. The zero-order valence-corrected chi connectivity index (χ0v) is 11.9. The van der Waals surface area contributed by atoms with Gasteiger partial charge in [-0.15, -0.1) is 0 Å². The molecule has 1 aromatic carbocycles. The molecule has 0 saturated heterocycles. The zero-order chi connectivity index (χ0) is 13.7. The van der Waals surface area contributed by atoms with Gasteiger partial charge < -0.3 is 9.84 Å². The number of halogens is 1. The molecule has 0 spiro atoms. The first kappa shape index (κ1) is 14.9. The van der Waals surface area contributed by atoms with Gasteiger partial charge in [0.1, 0.15) is 0 Å². The van der Waals surface area contributed by atoms with Gasteiger partial charge in [0, 0.05) is 5.56 Å². The molecular formula is C13H15BrO4. The summed E-state index contributed by atoms with van der Waals surface area (Å²) in [5.74, 6) is -0.744. The predicted molar refractivity (Wildman–Crippen MR) is 71.0 cm³/mol. The summed E-state index contributed by atoms with van der Waals surface area (Å²) in [7, 11) is 0. The highest BCUT2D eigenvalue weighted by molar-refractivity contribution is 9.10. The third kappa shape index (κ3) is 3.40. The molecule has 1 atom stereocenters. The molecule has 98 valence electrons. The lowest BCUT2D eigenvalue weighted by molar-refractivity contribution is 0.0523. The molecule has 0 bridgehead atoms. The molecule has 4 nitrogen and oxygen atoms in total. The maximum absolute atomic E-state index is 12.0. The van der Waals surface area contributed by atoms with E-state index >= 15 is 0 Å². The van der Waals surface area contributed by atoms with Crippen LogP contribution in [0.4, 0.5) is 0 Å². The highest BCUT2D eigenvalue weighted by Crippen LogP contribution is 2.18. The molecule has 1 N–H and O–H groups in total. The van der Waals surface area contributed by atoms with Crippen molar-refractivity contribution in [2.24, 2.45) is 0 Å². The van der Waals surface area contributed by atoms with Crippen molar-refractivity contribution in [2.45, 2.75) is 25.3 Å². The van der Waals surface area contributed by atoms with Crippen LogP contribution in [0.2, 0.25) is 0 Å². The summed E-state index contributed by atoms with van der Waals surface area (Å²) in [6, 6.07) is 4.63. The van der Waals surface area contributed by atoms with E-state index in [2.05, 4.69) is 15.9 Å². The topological polar surface area (TPSA) is 63.6 Å². The third-order valence-corrected chi connectivity index (χ3v) is 2.80. The minimum absolute atomic E-state index is 0.181. The fraction of sp³-hybridized carbons (Fsp3) is 0.385. The van der Waals surface area contributed by atoms with Crippen LogP contribution in [-0.4, -0.2) is 28.3 Å². The van der Waals surface area contributed by atoms with Crippen LogP contribution < -0.4 is 0 Å². The van der Waals surface area contributed by atoms with E-state index in [4.69, 9.17) is 9.84 Å². The Morgan fingerprint density at radius 1 is 1.39 bits per heavy atom. The second-order valence-corrected chi connectivity index (χ2v) is 5.11. The maximum Gasteiger partial charge on any atom is 0.338 e. The van der Waals surface area contributed by atoms with Crippen LogP contribution >= 0.6 is 15.9 Å². The van der Waals surface area contributed by atoms with Crippen molar-refractivity contribution in [3.05, 3.63) is 34.9 Å². The summed E-state index contributed by atoms with van der Waals surface area (Å²) in [4.78, 5) is 23.3. The van der Waals surface area contributed by atoms with E-state index in [0.29, 0.717) is 5.56 Å². The molecule has 1 aromatic rings. The Labute approximate surface area is 114 Å². The molecule has 0 amide bonds. The van der Waals surface area contributed by atoms with Crippen LogP contribution in [0.15, 0.2) is 18.2 Å². The standard InChI is InChI=1S/C13H15BrO4/c1-3-18-13(17)10-5-4-9(7-15)6-11(10)12(16)8(2)14/h4-6,8,15H,3,7H2,1-2H3. The van der Waals surface area contributed by atoms with Gasteiger partial charge in [0.05, 0.1) is 23.6 Å². The molecule has 0 aromatic heterocycles. The van der Waals surface area contributed by atoms with Crippen LogP contribution in [0.25, 0.3) is 0 Å². The fourth-order valence-corrected chi connectivity index (χ4v) is 1.74. The highest BCUT2D eigenvalue weighted by Gasteiger charge is 2.21. The van der Waals surface area contributed by atoms with Crippen molar-refractivity contribution in [2.75, 3.05) is 6.61 Å². The minimum Gasteiger partial charge on any atom is -0.462 e. The number of hydrogen-bond donors (Lipinski definition) is 1. The number of aliphatic hydroxyl groups excluding tert-OH is 1. The summed E-state index contributed by atoms with van der Waals surface area (Å²) in [6.07, 6.45) is 0. The SMILES string of the molecule is CCOC(=O)c1ccc(CO)cc1C(=O)C(C)Br. The minimum atomic E-state index is -0.529. The number of carbonyl (C=O) groups excluding carboxylic acids is 2. The van der Waals surface area contributed by atoms with Gasteiger partial charge in [0.25, 0.3) is 0 Å². The normalized spacial score (nSPS) is 12.0. The van der Waals surface area contributed by atoms with Crippen molar-refractivity contribution in [1.29, 1.82) is 0 Å². The molecule has 5 heteroatoms. The lowest BCUT2D eigenvalue weighted by Gasteiger charge is -2.10. The summed E-state index contributed by atoms with van der Waals surface area (Å²) in [5, 5.41) is 9.08. The van der Waals surface area contributed by atoms with Crippen LogP contribution in [-0.2, 0) is 11.3 Å². The smallest absolute Gasteiger partial charge is 0.338 e. The van der Waals surface area contributed by atoms with E-state index in [-0.39, 0.29) is 30.1 Å². The third-order valence-electron chi connectivity index (χ3n) is 2.39. The molecule has 0 heterocycles. The van der Waals surface area contributed by atoms with Gasteiger partial charge in [-0.05, 0) is 31.5 Å². The number of alkyl halides is 1. The van der Waals surface area contributed by atoms with E-state index in [1.54, 1.807) is 19.9 Å². The van der Waals surface area contributed by atoms with Gasteiger partial charge in [0.15, 0.2) is 5.78 Å². The molecule has 0 aliphatic carbocycles. The van der Waals surface area contributed by atoms with E-state index < -0.39 is 10.8 Å².